The van der Waals surface area contributed by atoms with Crippen molar-refractivity contribution in [2.45, 2.75) is 6.92 Å². The largest absolute Gasteiger partial charge is 0.326 e. The maximum atomic E-state index is 12.5. The average molecular weight is 370 g/mol. The van der Waals surface area contributed by atoms with Gasteiger partial charge in [0, 0.05) is 5.69 Å². The van der Waals surface area contributed by atoms with Crippen molar-refractivity contribution in [3.05, 3.63) is 84.4 Å². The molecule has 28 heavy (non-hydrogen) atoms. The van der Waals surface area contributed by atoms with Gasteiger partial charge >= 0.3 is 6.03 Å². The SMILES string of the molecule is Cc1ccc(N=C(NC(=O)Nc2ccccc2)n2nnc3ccccc32)cc1. The van der Waals surface area contributed by atoms with Crippen LogP contribution < -0.4 is 10.6 Å². The maximum Gasteiger partial charge on any atom is 0.326 e. The predicted octanol–water partition coefficient (Wildman–Crippen LogP) is 4.10. The van der Waals surface area contributed by atoms with E-state index in [1.54, 1.807) is 12.1 Å². The Morgan fingerprint density at radius 2 is 1.64 bits per heavy atom. The fraction of sp³-hybridized carbons (Fsp3) is 0.0476. The van der Waals surface area contributed by atoms with E-state index in [-0.39, 0.29) is 5.96 Å². The van der Waals surface area contributed by atoms with Crippen LogP contribution in [0.3, 0.4) is 0 Å². The molecule has 0 saturated heterocycles. The highest BCUT2D eigenvalue weighted by atomic mass is 16.2. The molecule has 0 fully saturated rings. The van der Waals surface area contributed by atoms with Gasteiger partial charge in [0.15, 0.2) is 0 Å². The summed E-state index contributed by atoms with van der Waals surface area (Å²) in [5, 5.41) is 13.9. The van der Waals surface area contributed by atoms with Gasteiger partial charge in [-0.2, -0.15) is 4.68 Å². The Labute approximate surface area is 161 Å². The number of benzene rings is 3. The normalized spacial score (nSPS) is 11.4. The number of para-hydroxylation sites is 2. The highest BCUT2D eigenvalue weighted by Crippen LogP contribution is 2.15. The van der Waals surface area contributed by atoms with E-state index < -0.39 is 6.03 Å². The average Bonchev–Trinajstić information content (AvgIpc) is 3.14. The van der Waals surface area contributed by atoms with E-state index in [9.17, 15) is 4.79 Å². The Kier molecular flexibility index (Phi) is 4.79. The van der Waals surface area contributed by atoms with Crippen LogP contribution in [0.2, 0.25) is 0 Å². The molecule has 0 atom stereocenters. The lowest BCUT2D eigenvalue weighted by molar-refractivity contribution is 0.256. The lowest BCUT2D eigenvalue weighted by Crippen LogP contribution is -2.39. The zero-order valence-electron chi connectivity index (χ0n) is 15.2. The number of nitrogens with zero attached hydrogens (tertiary/aromatic N) is 4. The van der Waals surface area contributed by atoms with Gasteiger partial charge in [-0.05, 0) is 43.3 Å². The second-order valence-corrected chi connectivity index (χ2v) is 6.21. The summed E-state index contributed by atoms with van der Waals surface area (Å²) >= 11 is 0. The van der Waals surface area contributed by atoms with E-state index in [0.29, 0.717) is 16.9 Å². The van der Waals surface area contributed by atoms with Gasteiger partial charge in [0.05, 0.1) is 11.2 Å². The third-order valence-corrected chi connectivity index (χ3v) is 4.08. The molecule has 0 aliphatic heterocycles. The minimum Gasteiger partial charge on any atom is -0.308 e. The molecule has 0 bridgehead atoms. The molecule has 3 aromatic carbocycles. The van der Waals surface area contributed by atoms with Gasteiger partial charge in [-0.1, -0.05) is 53.2 Å². The Morgan fingerprint density at radius 3 is 2.43 bits per heavy atom. The van der Waals surface area contributed by atoms with Crippen LogP contribution in [0.5, 0.6) is 0 Å². The van der Waals surface area contributed by atoms with Crippen LogP contribution in [-0.2, 0) is 0 Å². The summed E-state index contributed by atoms with van der Waals surface area (Å²) in [6, 6.07) is 23.9. The fourth-order valence-corrected chi connectivity index (χ4v) is 2.68. The molecule has 7 nitrogen and oxygen atoms in total. The summed E-state index contributed by atoms with van der Waals surface area (Å²) < 4.78 is 1.51. The highest BCUT2D eigenvalue weighted by molar-refractivity contribution is 6.05. The van der Waals surface area contributed by atoms with Crippen LogP contribution in [0.15, 0.2) is 83.9 Å². The van der Waals surface area contributed by atoms with Crippen molar-refractivity contribution in [2.75, 3.05) is 5.32 Å². The van der Waals surface area contributed by atoms with Crippen LogP contribution in [0.25, 0.3) is 11.0 Å². The first-order valence-corrected chi connectivity index (χ1v) is 8.78. The number of hydrogen-bond acceptors (Lipinski definition) is 4. The van der Waals surface area contributed by atoms with Gasteiger partial charge in [0.25, 0.3) is 0 Å². The van der Waals surface area contributed by atoms with Gasteiger partial charge in [-0.15, -0.1) is 5.10 Å². The lowest BCUT2D eigenvalue weighted by Gasteiger charge is -2.11. The molecule has 1 aromatic heterocycles. The molecule has 0 aliphatic rings. The smallest absolute Gasteiger partial charge is 0.308 e. The number of fused-ring (bicyclic) bond motifs is 1. The van der Waals surface area contributed by atoms with E-state index >= 15 is 0 Å². The predicted molar refractivity (Wildman–Crippen MR) is 110 cm³/mol. The number of carbonyl (C=O) groups excluding carboxylic acids is 1. The standard InChI is InChI=1S/C21H18N6O/c1-15-11-13-17(14-12-15)22-20(24-21(28)23-16-7-3-2-4-8-16)27-19-10-6-5-9-18(19)25-26-27/h2-14H,1H3,(H2,22,23,24,28). The minimum absolute atomic E-state index is 0.256. The second kappa shape index (κ2) is 7.71. The number of aryl methyl sites for hydroxylation is 1. The summed E-state index contributed by atoms with van der Waals surface area (Å²) in [6.07, 6.45) is 0. The van der Waals surface area contributed by atoms with Crippen molar-refractivity contribution >= 4 is 34.4 Å². The maximum absolute atomic E-state index is 12.5. The van der Waals surface area contributed by atoms with Crippen LogP contribution >= 0.6 is 0 Å². The van der Waals surface area contributed by atoms with Crippen molar-refractivity contribution in [3.8, 4) is 0 Å². The summed E-state index contributed by atoms with van der Waals surface area (Å²) in [5.74, 6) is 0.256. The monoisotopic (exact) mass is 370 g/mol. The van der Waals surface area contributed by atoms with E-state index in [1.807, 2.05) is 73.7 Å². The molecule has 138 valence electrons. The Bertz CT molecular complexity index is 1130. The molecule has 0 saturated carbocycles. The quantitative estimate of drug-likeness (QED) is 0.412. The summed E-state index contributed by atoms with van der Waals surface area (Å²) in [6.45, 7) is 2.00. The van der Waals surface area contributed by atoms with Gasteiger partial charge in [-0.25, -0.2) is 9.79 Å². The number of anilines is 1. The van der Waals surface area contributed by atoms with Crippen molar-refractivity contribution < 1.29 is 4.79 Å². The molecule has 0 radical (unpaired) electrons. The van der Waals surface area contributed by atoms with Crippen LogP contribution in [-0.4, -0.2) is 27.0 Å². The number of aliphatic imine (C=N–C) groups is 1. The summed E-state index contributed by atoms with van der Waals surface area (Å²) in [4.78, 5) is 17.1. The van der Waals surface area contributed by atoms with Crippen molar-refractivity contribution in [1.29, 1.82) is 0 Å². The van der Waals surface area contributed by atoms with E-state index in [2.05, 4.69) is 25.9 Å². The molecule has 0 spiro atoms. The van der Waals surface area contributed by atoms with Crippen LogP contribution in [0.1, 0.15) is 5.56 Å². The van der Waals surface area contributed by atoms with Crippen molar-refractivity contribution in [2.24, 2.45) is 4.99 Å². The number of aromatic nitrogens is 3. The Balaban J connectivity index is 1.69. The van der Waals surface area contributed by atoms with E-state index in [0.717, 1.165) is 11.1 Å². The lowest BCUT2D eigenvalue weighted by atomic mass is 10.2. The number of nitrogens with one attached hydrogen (secondary N) is 2. The third kappa shape index (κ3) is 3.88. The molecular formula is C21H18N6O. The third-order valence-electron chi connectivity index (χ3n) is 4.08. The first-order chi connectivity index (χ1) is 13.7. The molecular weight excluding hydrogens is 352 g/mol. The first-order valence-electron chi connectivity index (χ1n) is 8.78. The number of urea groups is 1. The zero-order valence-corrected chi connectivity index (χ0v) is 15.2. The molecule has 4 aromatic rings. The van der Waals surface area contributed by atoms with Crippen molar-refractivity contribution in [1.82, 2.24) is 20.3 Å². The Hall–Kier alpha value is -4.00. The summed E-state index contributed by atoms with van der Waals surface area (Å²) in [7, 11) is 0. The molecule has 0 unspecified atom stereocenters. The Morgan fingerprint density at radius 1 is 0.929 bits per heavy atom. The molecule has 2 amide bonds. The van der Waals surface area contributed by atoms with Crippen LogP contribution in [0, 0.1) is 6.92 Å². The first kappa shape index (κ1) is 17.4. The number of hydrogen-bond donors (Lipinski definition) is 2. The molecule has 1 heterocycles. The highest BCUT2D eigenvalue weighted by Gasteiger charge is 2.14. The number of rotatable bonds is 2. The summed E-state index contributed by atoms with van der Waals surface area (Å²) in [5.41, 5.74) is 3.96. The number of carbonyl (C=O) groups is 1. The molecule has 4 rings (SSSR count). The fourth-order valence-electron chi connectivity index (χ4n) is 2.68. The van der Waals surface area contributed by atoms with E-state index in [4.69, 9.17) is 0 Å². The van der Waals surface area contributed by atoms with Gasteiger partial charge in [0.2, 0.25) is 5.96 Å². The van der Waals surface area contributed by atoms with Crippen molar-refractivity contribution in [3.63, 3.8) is 0 Å². The van der Waals surface area contributed by atoms with Gasteiger partial charge in [-0.3, -0.25) is 5.32 Å². The molecule has 7 heteroatoms. The zero-order chi connectivity index (χ0) is 19.3. The second-order valence-electron chi connectivity index (χ2n) is 6.21. The topological polar surface area (TPSA) is 84.2 Å². The number of amides is 2. The van der Waals surface area contributed by atoms with Gasteiger partial charge in [0.1, 0.15) is 5.52 Å². The van der Waals surface area contributed by atoms with Gasteiger partial charge < -0.3 is 5.32 Å². The minimum atomic E-state index is -0.420. The van der Waals surface area contributed by atoms with E-state index in [1.165, 1.54) is 4.68 Å². The van der Waals surface area contributed by atoms with Crippen LogP contribution in [0.4, 0.5) is 16.2 Å². The molecule has 2 N–H and O–H groups in total. The molecule has 0 aliphatic carbocycles.